The van der Waals surface area contributed by atoms with Gasteiger partial charge < -0.3 is 5.32 Å². The van der Waals surface area contributed by atoms with Crippen LogP contribution in [0.1, 0.15) is 24.9 Å². The fraction of sp³-hybridized carbons (Fsp3) is 0.211. The van der Waals surface area contributed by atoms with Gasteiger partial charge in [0.1, 0.15) is 12.7 Å². The molecule has 7 nitrogen and oxygen atoms in total. The van der Waals surface area contributed by atoms with Crippen molar-refractivity contribution in [2.45, 2.75) is 24.3 Å². The fourth-order valence-electron chi connectivity index (χ4n) is 2.63. The average Bonchev–Trinajstić information content (AvgIpc) is 3.22. The first-order chi connectivity index (χ1) is 13.0. The molecule has 0 bridgehead atoms. The summed E-state index contributed by atoms with van der Waals surface area (Å²) in [6, 6.07) is 15.5. The molecule has 27 heavy (non-hydrogen) atoms. The van der Waals surface area contributed by atoms with Crippen molar-refractivity contribution in [2.75, 3.05) is 5.75 Å². The standard InChI is InChI=1S/C19H20N4O3S/c1-15(16-7-9-17(10-8-16)23-14-20-13-21-23)22-19(24)11-12-27(25,26)18-5-3-2-4-6-18/h2-10,13-15H,11-12H2,1H3,(H,22,24)/t15-/m1/s1. The highest BCUT2D eigenvalue weighted by Gasteiger charge is 2.17. The molecule has 3 rings (SSSR count). The van der Waals surface area contributed by atoms with Gasteiger partial charge >= 0.3 is 0 Å². The second kappa shape index (κ2) is 8.13. The van der Waals surface area contributed by atoms with Gasteiger partial charge in [0.25, 0.3) is 0 Å². The third-order valence-electron chi connectivity index (χ3n) is 4.15. The molecule has 1 atom stereocenters. The minimum Gasteiger partial charge on any atom is -0.350 e. The SMILES string of the molecule is C[C@@H](NC(=O)CCS(=O)(=O)c1ccccc1)c1ccc(-n2cncn2)cc1. The number of carbonyl (C=O) groups is 1. The molecule has 0 spiro atoms. The average molecular weight is 384 g/mol. The lowest BCUT2D eigenvalue weighted by molar-refractivity contribution is -0.121. The van der Waals surface area contributed by atoms with Crippen LogP contribution in [0.15, 0.2) is 72.1 Å². The van der Waals surface area contributed by atoms with Gasteiger partial charge in [-0.2, -0.15) is 5.10 Å². The number of nitrogens with zero attached hydrogens (tertiary/aromatic N) is 3. The van der Waals surface area contributed by atoms with Gasteiger partial charge in [-0.1, -0.05) is 30.3 Å². The van der Waals surface area contributed by atoms with E-state index in [1.165, 1.54) is 18.5 Å². The molecule has 0 unspecified atom stereocenters. The molecule has 8 heteroatoms. The van der Waals surface area contributed by atoms with Crippen molar-refractivity contribution in [3.63, 3.8) is 0 Å². The van der Waals surface area contributed by atoms with Crippen LogP contribution in [0.25, 0.3) is 5.69 Å². The molecule has 0 aliphatic carbocycles. The van der Waals surface area contributed by atoms with Crippen molar-refractivity contribution < 1.29 is 13.2 Å². The van der Waals surface area contributed by atoms with Gasteiger partial charge in [-0.05, 0) is 36.8 Å². The Kier molecular flexibility index (Phi) is 5.66. The monoisotopic (exact) mass is 384 g/mol. The van der Waals surface area contributed by atoms with E-state index in [0.29, 0.717) is 0 Å². The van der Waals surface area contributed by atoms with E-state index < -0.39 is 9.84 Å². The largest absolute Gasteiger partial charge is 0.350 e. The van der Waals surface area contributed by atoms with Crippen LogP contribution in [0.2, 0.25) is 0 Å². The number of aromatic nitrogens is 3. The van der Waals surface area contributed by atoms with Crippen molar-refractivity contribution in [1.29, 1.82) is 0 Å². The molecule has 0 fully saturated rings. The number of amides is 1. The van der Waals surface area contributed by atoms with Gasteiger partial charge in [0.05, 0.1) is 22.4 Å². The van der Waals surface area contributed by atoms with E-state index in [9.17, 15) is 13.2 Å². The Balaban J connectivity index is 1.56. The molecule has 2 aromatic carbocycles. The van der Waals surface area contributed by atoms with E-state index in [-0.39, 0.29) is 29.0 Å². The molecule has 0 saturated heterocycles. The molecule has 0 saturated carbocycles. The summed E-state index contributed by atoms with van der Waals surface area (Å²) in [5.41, 5.74) is 1.78. The topological polar surface area (TPSA) is 94.0 Å². The maximum atomic E-state index is 12.2. The minimum atomic E-state index is -3.46. The summed E-state index contributed by atoms with van der Waals surface area (Å²) in [4.78, 5) is 16.3. The predicted molar refractivity (Wildman–Crippen MR) is 101 cm³/mol. The zero-order valence-electron chi connectivity index (χ0n) is 14.8. The van der Waals surface area contributed by atoms with Crippen molar-refractivity contribution >= 4 is 15.7 Å². The summed E-state index contributed by atoms with van der Waals surface area (Å²) in [5, 5.41) is 6.90. The van der Waals surface area contributed by atoms with Crippen LogP contribution in [-0.4, -0.2) is 34.8 Å². The number of benzene rings is 2. The van der Waals surface area contributed by atoms with Crippen LogP contribution in [0.5, 0.6) is 0 Å². The van der Waals surface area contributed by atoms with Gasteiger partial charge in [0.2, 0.25) is 5.91 Å². The maximum absolute atomic E-state index is 12.2. The number of nitrogens with one attached hydrogen (secondary N) is 1. The lowest BCUT2D eigenvalue weighted by Crippen LogP contribution is -2.28. The normalized spacial score (nSPS) is 12.5. The summed E-state index contributed by atoms with van der Waals surface area (Å²) in [7, 11) is -3.46. The van der Waals surface area contributed by atoms with Crippen molar-refractivity contribution in [3.8, 4) is 5.69 Å². The van der Waals surface area contributed by atoms with Crippen LogP contribution in [0.3, 0.4) is 0 Å². The number of rotatable bonds is 7. The zero-order valence-corrected chi connectivity index (χ0v) is 15.6. The molecule has 140 valence electrons. The molecular weight excluding hydrogens is 364 g/mol. The van der Waals surface area contributed by atoms with Crippen LogP contribution in [0, 0.1) is 0 Å². The lowest BCUT2D eigenvalue weighted by Gasteiger charge is -2.15. The molecule has 0 radical (unpaired) electrons. The summed E-state index contributed by atoms with van der Waals surface area (Å²) >= 11 is 0. The van der Waals surface area contributed by atoms with Crippen LogP contribution >= 0.6 is 0 Å². The summed E-state index contributed by atoms with van der Waals surface area (Å²) in [6.07, 6.45) is 2.98. The molecule has 3 aromatic rings. The Hall–Kier alpha value is -3.00. The summed E-state index contributed by atoms with van der Waals surface area (Å²) < 4.78 is 26.1. The maximum Gasteiger partial charge on any atom is 0.221 e. The second-order valence-electron chi connectivity index (χ2n) is 6.10. The van der Waals surface area contributed by atoms with Gasteiger partial charge in [-0.25, -0.2) is 18.1 Å². The smallest absolute Gasteiger partial charge is 0.221 e. The summed E-state index contributed by atoms with van der Waals surface area (Å²) in [6.45, 7) is 1.86. The first-order valence-electron chi connectivity index (χ1n) is 8.48. The van der Waals surface area contributed by atoms with Gasteiger partial charge in [-0.3, -0.25) is 4.79 Å². The summed E-state index contributed by atoms with van der Waals surface area (Å²) in [5.74, 6) is -0.525. The third kappa shape index (κ3) is 4.79. The number of carbonyl (C=O) groups excluding carboxylic acids is 1. The molecule has 0 aliphatic rings. The number of sulfone groups is 1. The first-order valence-corrected chi connectivity index (χ1v) is 10.1. The van der Waals surface area contributed by atoms with Crippen molar-refractivity contribution in [2.24, 2.45) is 0 Å². The van der Waals surface area contributed by atoms with E-state index in [1.807, 2.05) is 31.2 Å². The van der Waals surface area contributed by atoms with Gasteiger partial charge in [-0.15, -0.1) is 0 Å². The molecule has 1 amide bonds. The Labute approximate surface area is 158 Å². The van der Waals surface area contributed by atoms with E-state index >= 15 is 0 Å². The number of hydrogen-bond donors (Lipinski definition) is 1. The Morgan fingerprint density at radius 2 is 1.81 bits per heavy atom. The molecule has 1 aromatic heterocycles. The Morgan fingerprint density at radius 3 is 2.44 bits per heavy atom. The van der Waals surface area contributed by atoms with Crippen LogP contribution in [0.4, 0.5) is 0 Å². The van der Waals surface area contributed by atoms with Crippen molar-refractivity contribution in [1.82, 2.24) is 20.1 Å². The van der Waals surface area contributed by atoms with E-state index in [0.717, 1.165) is 11.3 Å². The number of hydrogen-bond acceptors (Lipinski definition) is 5. The lowest BCUT2D eigenvalue weighted by atomic mass is 10.1. The van der Waals surface area contributed by atoms with E-state index in [1.54, 1.807) is 29.2 Å². The van der Waals surface area contributed by atoms with E-state index in [2.05, 4.69) is 15.4 Å². The second-order valence-corrected chi connectivity index (χ2v) is 8.21. The minimum absolute atomic E-state index is 0.0847. The highest BCUT2D eigenvalue weighted by Crippen LogP contribution is 2.16. The highest BCUT2D eigenvalue weighted by atomic mass is 32.2. The molecule has 1 heterocycles. The van der Waals surface area contributed by atoms with Gasteiger partial charge in [0.15, 0.2) is 9.84 Å². The Bertz CT molecular complexity index is 985. The molecule has 0 aliphatic heterocycles. The van der Waals surface area contributed by atoms with Crippen LogP contribution in [-0.2, 0) is 14.6 Å². The van der Waals surface area contributed by atoms with Gasteiger partial charge in [0, 0.05) is 6.42 Å². The van der Waals surface area contributed by atoms with Crippen LogP contribution < -0.4 is 5.32 Å². The molecular formula is C19H20N4O3S. The first kappa shape index (κ1) is 18.8. The van der Waals surface area contributed by atoms with Crippen molar-refractivity contribution in [3.05, 3.63) is 72.8 Å². The fourth-order valence-corrected chi connectivity index (χ4v) is 3.89. The zero-order chi connectivity index (χ0) is 19.3. The highest BCUT2D eigenvalue weighted by molar-refractivity contribution is 7.91. The quantitative estimate of drug-likeness (QED) is 0.675. The Morgan fingerprint density at radius 1 is 1.11 bits per heavy atom. The predicted octanol–water partition coefficient (Wildman–Crippen LogP) is 2.31. The molecule has 1 N–H and O–H groups in total. The third-order valence-corrected chi connectivity index (χ3v) is 5.89. The van der Waals surface area contributed by atoms with E-state index in [4.69, 9.17) is 0 Å².